The number of aromatic hydroxyl groups is 1. The summed E-state index contributed by atoms with van der Waals surface area (Å²) in [5, 5.41) is 10.3. The lowest BCUT2D eigenvalue weighted by Gasteiger charge is -2.08. The molecule has 0 amide bonds. The van der Waals surface area contributed by atoms with E-state index in [2.05, 4.69) is 17.1 Å². The van der Waals surface area contributed by atoms with E-state index in [1.165, 1.54) is 0 Å². The molecule has 0 atom stereocenters. The lowest BCUT2D eigenvalue weighted by molar-refractivity contribution is 0.444. The molecule has 2 aromatic heterocycles. The molecule has 0 radical (unpaired) electrons. The van der Waals surface area contributed by atoms with Gasteiger partial charge >= 0.3 is 0 Å². The second-order valence-electron chi connectivity index (χ2n) is 5.82. The van der Waals surface area contributed by atoms with Gasteiger partial charge in [0.1, 0.15) is 5.69 Å². The smallest absolute Gasteiger partial charge is 0.219 e. The van der Waals surface area contributed by atoms with Crippen LogP contribution in [-0.4, -0.2) is 19.5 Å². The monoisotopic (exact) mass is 315 g/mol. The average Bonchev–Trinajstić information content (AvgIpc) is 2.92. The van der Waals surface area contributed by atoms with Crippen molar-refractivity contribution in [2.75, 3.05) is 0 Å². The highest BCUT2D eigenvalue weighted by molar-refractivity contribution is 5.62. The van der Waals surface area contributed by atoms with Gasteiger partial charge in [0.25, 0.3) is 0 Å². The van der Waals surface area contributed by atoms with Crippen LogP contribution in [-0.2, 0) is 6.42 Å². The van der Waals surface area contributed by atoms with Gasteiger partial charge in [0.15, 0.2) is 5.65 Å². The molecule has 4 aromatic rings. The molecule has 118 valence electrons. The summed E-state index contributed by atoms with van der Waals surface area (Å²) in [6, 6.07) is 20.1. The van der Waals surface area contributed by atoms with Crippen LogP contribution in [0.3, 0.4) is 0 Å². The van der Waals surface area contributed by atoms with E-state index in [-0.39, 0.29) is 5.88 Å². The van der Waals surface area contributed by atoms with E-state index < -0.39 is 0 Å². The van der Waals surface area contributed by atoms with E-state index in [1.807, 2.05) is 54.7 Å². The molecule has 4 nitrogen and oxygen atoms in total. The van der Waals surface area contributed by atoms with E-state index in [0.29, 0.717) is 17.8 Å². The van der Waals surface area contributed by atoms with Crippen LogP contribution >= 0.6 is 0 Å². The molecule has 1 N–H and O–H groups in total. The Balaban J connectivity index is 1.92. The van der Waals surface area contributed by atoms with Crippen molar-refractivity contribution in [1.82, 2.24) is 14.4 Å². The Kier molecular flexibility index (Phi) is 3.50. The molecule has 24 heavy (non-hydrogen) atoms. The predicted octanol–water partition coefficient (Wildman–Crippen LogP) is 4.00. The minimum Gasteiger partial charge on any atom is -0.493 e. The molecule has 2 heterocycles. The summed E-state index contributed by atoms with van der Waals surface area (Å²) in [5.74, 6) is 0.166. The summed E-state index contributed by atoms with van der Waals surface area (Å²) in [6.07, 6.45) is 2.51. The standard InChI is InChI=1S/C20H17N3O/c1-14-20(24)23-13-18(16-10-6-3-7-11-16)22-17(19(23)21-14)12-15-8-4-2-5-9-15/h2-11,13,24H,12H2,1H3. The average molecular weight is 315 g/mol. The van der Waals surface area contributed by atoms with Gasteiger partial charge in [0.05, 0.1) is 11.4 Å². The van der Waals surface area contributed by atoms with E-state index in [1.54, 1.807) is 11.3 Å². The summed E-state index contributed by atoms with van der Waals surface area (Å²) < 4.78 is 1.73. The minimum atomic E-state index is 0.166. The molecular formula is C20H17N3O. The molecule has 0 unspecified atom stereocenters. The Bertz CT molecular complexity index is 992. The van der Waals surface area contributed by atoms with Crippen molar-refractivity contribution in [3.8, 4) is 17.1 Å². The molecule has 0 spiro atoms. The Labute approximate surface area is 140 Å². The van der Waals surface area contributed by atoms with Crippen LogP contribution in [0.2, 0.25) is 0 Å². The van der Waals surface area contributed by atoms with Gasteiger partial charge in [-0.05, 0) is 12.5 Å². The predicted molar refractivity (Wildman–Crippen MR) is 94.1 cm³/mol. The number of fused-ring (bicyclic) bond motifs is 1. The lowest BCUT2D eigenvalue weighted by Crippen LogP contribution is -2.00. The highest BCUT2D eigenvalue weighted by Crippen LogP contribution is 2.26. The van der Waals surface area contributed by atoms with Crippen LogP contribution in [0.25, 0.3) is 16.9 Å². The van der Waals surface area contributed by atoms with E-state index in [0.717, 1.165) is 22.5 Å². The van der Waals surface area contributed by atoms with E-state index >= 15 is 0 Å². The fourth-order valence-electron chi connectivity index (χ4n) is 2.87. The molecule has 0 bridgehead atoms. The zero-order valence-corrected chi connectivity index (χ0v) is 13.3. The summed E-state index contributed by atoms with van der Waals surface area (Å²) in [6.45, 7) is 1.80. The summed E-state index contributed by atoms with van der Waals surface area (Å²) in [5.41, 5.74) is 5.16. The molecule has 0 saturated carbocycles. The molecular weight excluding hydrogens is 298 g/mol. The molecule has 4 rings (SSSR count). The molecule has 0 aliphatic heterocycles. The number of rotatable bonds is 3. The number of aromatic nitrogens is 3. The molecule has 0 fully saturated rings. The van der Waals surface area contributed by atoms with Crippen molar-refractivity contribution in [2.45, 2.75) is 13.3 Å². The Morgan fingerprint density at radius 3 is 2.29 bits per heavy atom. The third-order valence-corrected chi connectivity index (χ3v) is 4.10. The normalized spacial score (nSPS) is 11.0. The van der Waals surface area contributed by atoms with Crippen molar-refractivity contribution in [3.63, 3.8) is 0 Å². The molecule has 2 aromatic carbocycles. The first-order valence-electron chi connectivity index (χ1n) is 7.89. The first kappa shape index (κ1) is 14.5. The Morgan fingerprint density at radius 2 is 1.58 bits per heavy atom. The van der Waals surface area contributed by atoms with Crippen LogP contribution in [0.4, 0.5) is 0 Å². The van der Waals surface area contributed by atoms with Gasteiger partial charge in [-0.3, -0.25) is 4.40 Å². The third-order valence-electron chi connectivity index (χ3n) is 4.10. The van der Waals surface area contributed by atoms with E-state index in [4.69, 9.17) is 4.98 Å². The van der Waals surface area contributed by atoms with Gasteiger partial charge in [-0.25, -0.2) is 9.97 Å². The maximum absolute atomic E-state index is 10.3. The summed E-state index contributed by atoms with van der Waals surface area (Å²) in [4.78, 5) is 9.32. The van der Waals surface area contributed by atoms with Crippen LogP contribution in [0, 0.1) is 6.92 Å². The Hall–Kier alpha value is -3.14. The molecule has 0 saturated heterocycles. The van der Waals surface area contributed by atoms with Gasteiger partial charge in [-0.1, -0.05) is 60.7 Å². The maximum Gasteiger partial charge on any atom is 0.219 e. The van der Waals surface area contributed by atoms with Gasteiger partial charge in [-0.2, -0.15) is 0 Å². The quantitative estimate of drug-likeness (QED) is 0.621. The minimum absolute atomic E-state index is 0.166. The van der Waals surface area contributed by atoms with Gasteiger partial charge in [0.2, 0.25) is 5.88 Å². The van der Waals surface area contributed by atoms with Crippen LogP contribution in [0.1, 0.15) is 17.0 Å². The number of hydrogen-bond donors (Lipinski definition) is 1. The SMILES string of the molecule is Cc1nc2c(Cc3ccccc3)nc(-c3ccccc3)cn2c1O. The van der Waals surface area contributed by atoms with Gasteiger partial charge in [0, 0.05) is 18.2 Å². The molecule has 0 aliphatic carbocycles. The van der Waals surface area contributed by atoms with Gasteiger partial charge in [-0.15, -0.1) is 0 Å². The summed E-state index contributed by atoms with van der Waals surface area (Å²) >= 11 is 0. The van der Waals surface area contributed by atoms with Crippen LogP contribution < -0.4 is 0 Å². The van der Waals surface area contributed by atoms with Crippen LogP contribution in [0.15, 0.2) is 66.9 Å². The fourth-order valence-corrected chi connectivity index (χ4v) is 2.87. The Morgan fingerprint density at radius 1 is 0.917 bits per heavy atom. The fraction of sp³-hybridized carbons (Fsp3) is 0.100. The first-order valence-corrected chi connectivity index (χ1v) is 7.89. The first-order chi connectivity index (χ1) is 11.7. The van der Waals surface area contributed by atoms with Crippen molar-refractivity contribution in [1.29, 1.82) is 0 Å². The topological polar surface area (TPSA) is 50.4 Å². The van der Waals surface area contributed by atoms with E-state index in [9.17, 15) is 5.11 Å². The highest BCUT2D eigenvalue weighted by Gasteiger charge is 2.15. The van der Waals surface area contributed by atoms with Crippen molar-refractivity contribution < 1.29 is 5.11 Å². The molecule has 0 aliphatic rings. The van der Waals surface area contributed by atoms with Crippen molar-refractivity contribution in [3.05, 3.63) is 83.8 Å². The number of benzene rings is 2. The van der Waals surface area contributed by atoms with Crippen molar-refractivity contribution >= 4 is 5.65 Å². The zero-order chi connectivity index (χ0) is 16.5. The number of hydrogen-bond acceptors (Lipinski definition) is 3. The second-order valence-corrected chi connectivity index (χ2v) is 5.82. The van der Waals surface area contributed by atoms with Gasteiger partial charge < -0.3 is 5.11 Å². The lowest BCUT2D eigenvalue weighted by atomic mass is 10.1. The number of aryl methyl sites for hydroxylation is 1. The van der Waals surface area contributed by atoms with Crippen molar-refractivity contribution in [2.24, 2.45) is 0 Å². The number of nitrogens with zero attached hydrogens (tertiary/aromatic N) is 3. The maximum atomic E-state index is 10.3. The largest absolute Gasteiger partial charge is 0.493 e. The zero-order valence-electron chi connectivity index (χ0n) is 13.3. The summed E-state index contributed by atoms with van der Waals surface area (Å²) in [7, 11) is 0. The van der Waals surface area contributed by atoms with Crippen LogP contribution in [0.5, 0.6) is 5.88 Å². The second kappa shape index (κ2) is 5.81. The molecule has 4 heteroatoms. The number of imidazole rings is 1. The highest BCUT2D eigenvalue weighted by atomic mass is 16.3. The third kappa shape index (κ3) is 2.52.